The number of nitrogens with two attached hydrogens (primary N) is 1. The second-order valence-corrected chi connectivity index (χ2v) is 5.84. The number of aliphatic imine (C=N–C) groups is 1. The number of carboxylic acids is 1. The van der Waals surface area contributed by atoms with Gasteiger partial charge in [0.15, 0.2) is 0 Å². The zero-order valence-electron chi connectivity index (χ0n) is 14.0. The van der Waals surface area contributed by atoms with Gasteiger partial charge in [-0.25, -0.2) is 0 Å². The summed E-state index contributed by atoms with van der Waals surface area (Å²) < 4.78 is 0. The molecule has 3 aromatic rings. The summed E-state index contributed by atoms with van der Waals surface area (Å²) in [6.07, 6.45) is 3.11. The molecule has 141 valence electrons. The van der Waals surface area contributed by atoms with Crippen molar-refractivity contribution < 1.29 is 32.1 Å². The number of rotatable bonds is 6. The third-order valence-corrected chi connectivity index (χ3v) is 4.08. The molecule has 0 saturated carbocycles. The SMILES string of the molecule is N=C(N)c1ccc(C=N[C@@H](Cc2c[nH]c3ccccc23)C(=O)[O-])c([O-])c1.[Cu+2]. The molecule has 0 unspecified atom stereocenters. The number of aromatic amines is 1. The van der Waals surface area contributed by atoms with Crippen LogP contribution in [0.25, 0.3) is 10.9 Å². The van der Waals surface area contributed by atoms with E-state index < -0.39 is 12.0 Å². The van der Waals surface area contributed by atoms with Gasteiger partial charge in [-0.3, -0.25) is 10.4 Å². The number of nitrogens with zero attached hydrogens (tertiary/aromatic N) is 1. The first kappa shape index (κ1) is 20.2. The van der Waals surface area contributed by atoms with Gasteiger partial charge >= 0.3 is 17.1 Å². The first-order valence-electron chi connectivity index (χ1n) is 7.90. The number of aromatic nitrogens is 1. The topological polar surface area (TPSA) is 141 Å². The van der Waals surface area contributed by atoms with Crippen molar-refractivity contribution >= 4 is 28.9 Å². The van der Waals surface area contributed by atoms with Crippen LogP contribution in [0.15, 0.2) is 53.7 Å². The predicted octanol–water partition coefficient (Wildman–Crippen LogP) is 0.303. The second kappa shape index (κ2) is 8.53. The largest absolute Gasteiger partial charge is 2.00 e. The minimum absolute atomic E-state index is 0. The molecule has 1 aromatic heterocycles. The molecule has 0 aliphatic carbocycles. The number of nitrogens with one attached hydrogen (secondary N) is 2. The summed E-state index contributed by atoms with van der Waals surface area (Å²) in [4.78, 5) is 18.6. The monoisotopic (exact) mass is 411 g/mol. The Balaban J connectivity index is 0.00000261. The number of carbonyl (C=O) groups excluding carboxylic acids is 1. The van der Waals surface area contributed by atoms with Crippen LogP contribution in [0.3, 0.4) is 0 Å². The van der Waals surface area contributed by atoms with Crippen molar-refractivity contribution in [2.75, 3.05) is 0 Å². The number of aliphatic carboxylic acids is 1. The van der Waals surface area contributed by atoms with E-state index in [1.807, 2.05) is 24.3 Å². The van der Waals surface area contributed by atoms with Gasteiger partial charge in [-0.2, -0.15) is 0 Å². The third-order valence-electron chi connectivity index (χ3n) is 4.08. The second-order valence-electron chi connectivity index (χ2n) is 5.84. The molecular formula is C19H16CuN4O3. The number of hydrogen-bond acceptors (Lipinski definition) is 5. The van der Waals surface area contributed by atoms with Gasteiger partial charge in [0.05, 0.1) is 12.0 Å². The Morgan fingerprint density at radius 3 is 2.70 bits per heavy atom. The molecule has 0 spiro atoms. The molecule has 4 N–H and O–H groups in total. The fourth-order valence-corrected chi connectivity index (χ4v) is 2.68. The molecule has 1 heterocycles. The summed E-state index contributed by atoms with van der Waals surface area (Å²) in [5.41, 5.74) is 7.58. The number of nitrogen functional groups attached to an aromatic ring is 1. The normalized spacial score (nSPS) is 12.0. The molecule has 8 heteroatoms. The molecule has 2 aromatic carbocycles. The summed E-state index contributed by atoms with van der Waals surface area (Å²) in [5, 5.41) is 31.7. The number of para-hydroxylation sites is 1. The van der Waals surface area contributed by atoms with Gasteiger partial charge in [-0.05, 0) is 17.2 Å². The Morgan fingerprint density at radius 1 is 1.30 bits per heavy atom. The molecule has 1 radical (unpaired) electrons. The molecule has 0 amide bonds. The van der Waals surface area contributed by atoms with E-state index in [1.54, 1.807) is 6.20 Å². The maximum absolute atomic E-state index is 12.0. The first-order valence-corrected chi connectivity index (χ1v) is 7.90. The van der Waals surface area contributed by atoms with E-state index in [2.05, 4.69) is 9.98 Å². The summed E-state index contributed by atoms with van der Waals surface area (Å²) in [6.45, 7) is 0. The van der Waals surface area contributed by atoms with Gasteiger partial charge in [0.2, 0.25) is 0 Å². The maximum atomic E-state index is 12.0. The van der Waals surface area contributed by atoms with Gasteiger partial charge in [-0.1, -0.05) is 42.1 Å². The minimum Gasteiger partial charge on any atom is -0.872 e. The predicted molar refractivity (Wildman–Crippen MR) is 95.3 cm³/mol. The van der Waals surface area contributed by atoms with Crippen LogP contribution in [0.2, 0.25) is 0 Å². The maximum Gasteiger partial charge on any atom is 2.00 e. The molecule has 0 aliphatic heterocycles. The number of fused-ring (bicyclic) bond motifs is 1. The average molecular weight is 412 g/mol. The fraction of sp³-hybridized carbons (Fsp3) is 0.105. The number of hydrogen-bond donors (Lipinski definition) is 3. The van der Waals surface area contributed by atoms with Crippen molar-refractivity contribution in [2.24, 2.45) is 10.7 Å². The summed E-state index contributed by atoms with van der Waals surface area (Å²) in [7, 11) is 0. The van der Waals surface area contributed by atoms with Crippen LogP contribution in [0.5, 0.6) is 5.75 Å². The van der Waals surface area contributed by atoms with Crippen LogP contribution >= 0.6 is 0 Å². The summed E-state index contributed by atoms with van der Waals surface area (Å²) in [6, 6.07) is 10.6. The van der Waals surface area contributed by atoms with Gasteiger partial charge in [0.25, 0.3) is 0 Å². The van der Waals surface area contributed by atoms with Crippen molar-refractivity contribution in [3.63, 3.8) is 0 Å². The summed E-state index contributed by atoms with van der Waals surface area (Å²) >= 11 is 0. The Labute approximate surface area is 165 Å². The number of amidine groups is 1. The van der Waals surface area contributed by atoms with E-state index in [-0.39, 0.29) is 40.6 Å². The van der Waals surface area contributed by atoms with E-state index in [0.29, 0.717) is 5.56 Å². The van der Waals surface area contributed by atoms with Crippen molar-refractivity contribution in [3.05, 3.63) is 65.4 Å². The van der Waals surface area contributed by atoms with Crippen LogP contribution in [0.1, 0.15) is 16.7 Å². The van der Waals surface area contributed by atoms with E-state index >= 15 is 0 Å². The average Bonchev–Trinajstić information content (AvgIpc) is 3.02. The van der Waals surface area contributed by atoms with Crippen LogP contribution in [-0.2, 0) is 28.3 Å². The number of H-pyrrole nitrogens is 1. The van der Waals surface area contributed by atoms with E-state index in [4.69, 9.17) is 11.1 Å². The fourth-order valence-electron chi connectivity index (χ4n) is 2.68. The van der Waals surface area contributed by atoms with E-state index in [1.165, 1.54) is 24.4 Å². The van der Waals surface area contributed by atoms with Crippen LogP contribution in [-0.4, -0.2) is 29.0 Å². The molecule has 0 fully saturated rings. The molecule has 27 heavy (non-hydrogen) atoms. The molecular weight excluding hydrogens is 396 g/mol. The smallest absolute Gasteiger partial charge is 0.872 e. The van der Waals surface area contributed by atoms with E-state index in [0.717, 1.165) is 16.5 Å². The number of carbonyl (C=O) groups is 1. The van der Waals surface area contributed by atoms with E-state index in [9.17, 15) is 15.0 Å². The minimum atomic E-state index is -1.32. The molecule has 0 bridgehead atoms. The van der Waals surface area contributed by atoms with Gasteiger partial charge < -0.3 is 25.7 Å². The third kappa shape index (κ3) is 4.55. The van der Waals surface area contributed by atoms with Gasteiger partial charge in [0.1, 0.15) is 5.84 Å². The number of carboxylic acid groups (broad SMARTS) is 1. The Hall–Kier alpha value is -3.09. The van der Waals surface area contributed by atoms with Crippen molar-refractivity contribution in [2.45, 2.75) is 12.5 Å². The molecule has 0 aliphatic rings. The standard InChI is InChI=1S/C19H18N4O3.Cu/c20-18(21)11-5-6-12(17(24)8-11)9-23-16(19(25)26)7-13-10-22-15-4-2-1-3-14(13)15;/h1-6,8-10,16,22,24H,7H2,(H3,20,21)(H,25,26);/q;+2/p-2/t16-;/m0./s1. The zero-order chi connectivity index (χ0) is 18.7. The van der Waals surface area contributed by atoms with Crippen molar-refractivity contribution in [3.8, 4) is 5.75 Å². The van der Waals surface area contributed by atoms with Gasteiger partial charge in [0, 0.05) is 35.3 Å². The summed E-state index contributed by atoms with van der Waals surface area (Å²) in [5.74, 6) is -1.91. The molecule has 7 nitrogen and oxygen atoms in total. The van der Waals surface area contributed by atoms with Crippen molar-refractivity contribution in [1.82, 2.24) is 4.98 Å². The molecule has 3 rings (SSSR count). The Kier molecular flexibility index (Phi) is 6.39. The number of benzene rings is 2. The Bertz CT molecular complexity index is 1010. The van der Waals surface area contributed by atoms with Crippen molar-refractivity contribution in [1.29, 1.82) is 5.41 Å². The molecule has 0 saturated heterocycles. The van der Waals surface area contributed by atoms with Crippen LogP contribution < -0.4 is 15.9 Å². The Morgan fingerprint density at radius 2 is 2.04 bits per heavy atom. The van der Waals surface area contributed by atoms with Gasteiger partial charge in [-0.15, -0.1) is 0 Å². The zero-order valence-corrected chi connectivity index (χ0v) is 15.0. The quantitative estimate of drug-likeness (QED) is 0.304. The van der Waals surface area contributed by atoms with Crippen LogP contribution in [0, 0.1) is 5.41 Å². The first-order chi connectivity index (χ1) is 12.5. The molecule has 1 atom stereocenters. The van der Waals surface area contributed by atoms with Crippen LogP contribution in [0.4, 0.5) is 0 Å².